The fourth-order valence-electron chi connectivity index (χ4n) is 1.74. The molecule has 0 radical (unpaired) electrons. The highest BCUT2D eigenvalue weighted by Crippen LogP contribution is 2.19. The molecule has 2 amide bonds. The van der Waals surface area contributed by atoms with Crippen LogP contribution in [0.1, 0.15) is 25.8 Å². The standard InChI is InChI=1S/C14H18F2N2O3/c1-8(2)18(5-4-13(19)20)14(21)17-12-7-10(15)9(3)6-11(12)16/h6-8H,4-5H2,1-3H3,(H,17,21)(H,19,20). The largest absolute Gasteiger partial charge is 0.481 e. The average molecular weight is 300 g/mol. The Labute approximate surface area is 121 Å². The van der Waals surface area contributed by atoms with Crippen molar-refractivity contribution in [2.45, 2.75) is 33.2 Å². The number of benzene rings is 1. The number of carbonyl (C=O) groups is 2. The summed E-state index contributed by atoms with van der Waals surface area (Å²) in [6.07, 6.45) is -0.226. The van der Waals surface area contributed by atoms with Gasteiger partial charge in [0.05, 0.1) is 12.1 Å². The number of aryl methyl sites for hydroxylation is 1. The molecule has 1 aromatic rings. The van der Waals surface area contributed by atoms with Gasteiger partial charge in [-0.25, -0.2) is 13.6 Å². The topological polar surface area (TPSA) is 69.6 Å². The minimum absolute atomic E-state index is 0.0191. The molecule has 0 bridgehead atoms. The molecule has 116 valence electrons. The van der Waals surface area contributed by atoms with E-state index in [1.54, 1.807) is 13.8 Å². The van der Waals surface area contributed by atoms with E-state index in [2.05, 4.69) is 5.32 Å². The van der Waals surface area contributed by atoms with Crippen molar-refractivity contribution in [1.29, 1.82) is 0 Å². The summed E-state index contributed by atoms with van der Waals surface area (Å²) in [5, 5.41) is 10.9. The Hall–Kier alpha value is -2.18. The van der Waals surface area contributed by atoms with Gasteiger partial charge < -0.3 is 15.3 Å². The Kier molecular flexibility index (Phi) is 5.63. The number of carbonyl (C=O) groups excluding carboxylic acids is 1. The van der Waals surface area contributed by atoms with Gasteiger partial charge in [0.25, 0.3) is 0 Å². The molecule has 2 N–H and O–H groups in total. The Bertz CT molecular complexity index is 547. The van der Waals surface area contributed by atoms with Crippen LogP contribution in [0.4, 0.5) is 19.3 Å². The minimum Gasteiger partial charge on any atom is -0.481 e. The normalized spacial score (nSPS) is 10.6. The second-order valence-corrected chi connectivity index (χ2v) is 4.94. The van der Waals surface area contributed by atoms with Crippen molar-refractivity contribution in [2.24, 2.45) is 0 Å². The maximum atomic E-state index is 13.7. The lowest BCUT2D eigenvalue weighted by Gasteiger charge is -2.26. The van der Waals surface area contributed by atoms with Crippen molar-refractivity contribution in [1.82, 2.24) is 4.90 Å². The number of urea groups is 1. The van der Waals surface area contributed by atoms with Gasteiger partial charge in [0.2, 0.25) is 0 Å². The van der Waals surface area contributed by atoms with Crippen LogP contribution in [0, 0.1) is 18.6 Å². The second kappa shape index (κ2) is 7.01. The molecule has 0 aliphatic carbocycles. The number of halogens is 2. The minimum atomic E-state index is -1.04. The first-order valence-corrected chi connectivity index (χ1v) is 6.47. The SMILES string of the molecule is Cc1cc(F)c(NC(=O)N(CCC(=O)O)C(C)C)cc1F. The van der Waals surface area contributed by atoms with Gasteiger partial charge in [-0.1, -0.05) is 0 Å². The summed E-state index contributed by atoms with van der Waals surface area (Å²) in [4.78, 5) is 23.9. The van der Waals surface area contributed by atoms with Gasteiger partial charge in [-0.2, -0.15) is 0 Å². The number of nitrogens with one attached hydrogen (secondary N) is 1. The Morgan fingerprint density at radius 2 is 1.90 bits per heavy atom. The van der Waals surface area contributed by atoms with Gasteiger partial charge in [0, 0.05) is 18.7 Å². The molecule has 0 spiro atoms. The van der Waals surface area contributed by atoms with Crippen LogP contribution in [-0.4, -0.2) is 34.6 Å². The van der Waals surface area contributed by atoms with Gasteiger partial charge in [-0.3, -0.25) is 4.79 Å². The number of rotatable bonds is 5. The first-order chi connectivity index (χ1) is 9.72. The first kappa shape index (κ1) is 16.9. The van der Waals surface area contributed by atoms with Crippen molar-refractivity contribution < 1.29 is 23.5 Å². The van der Waals surface area contributed by atoms with Crippen molar-refractivity contribution >= 4 is 17.7 Å². The molecule has 0 unspecified atom stereocenters. The highest BCUT2D eigenvalue weighted by atomic mass is 19.1. The van der Waals surface area contributed by atoms with Crippen LogP contribution in [0.3, 0.4) is 0 Å². The number of hydrogen-bond donors (Lipinski definition) is 2. The molecule has 7 heteroatoms. The van der Waals surface area contributed by atoms with E-state index in [9.17, 15) is 18.4 Å². The van der Waals surface area contributed by atoms with E-state index in [-0.39, 0.29) is 30.3 Å². The molecule has 0 fully saturated rings. The predicted octanol–water partition coefficient (Wildman–Crippen LogP) is 2.99. The summed E-state index contributed by atoms with van der Waals surface area (Å²) < 4.78 is 27.1. The van der Waals surface area contributed by atoms with E-state index in [0.29, 0.717) is 0 Å². The number of nitrogens with zero attached hydrogens (tertiary/aromatic N) is 1. The maximum Gasteiger partial charge on any atom is 0.322 e. The van der Waals surface area contributed by atoms with Gasteiger partial charge in [-0.05, 0) is 32.4 Å². The summed E-state index contributed by atoms with van der Waals surface area (Å²) in [6, 6.07) is 0.941. The van der Waals surface area contributed by atoms with E-state index in [0.717, 1.165) is 12.1 Å². The molecular formula is C14H18F2N2O3. The Morgan fingerprint density at radius 1 is 1.29 bits per heavy atom. The molecule has 1 rings (SSSR count). The van der Waals surface area contributed by atoms with E-state index in [4.69, 9.17) is 5.11 Å². The van der Waals surface area contributed by atoms with Gasteiger partial charge >= 0.3 is 12.0 Å². The zero-order valence-electron chi connectivity index (χ0n) is 12.1. The summed E-state index contributed by atoms with van der Waals surface area (Å²) in [7, 11) is 0. The molecule has 0 saturated carbocycles. The lowest BCUT2D eigenvalue weighted by molar-refractivity contribution is -0.137. The number of aliphatic carboxylic acids is 1. The van der Waals surface area contributed by atoms with Gasteiger partial charge in [-0.15, -0.1) is 0 Å². The van der Waals surface area contributed by atoms with Crippen molar-refractivity contribution in [2.75, 3.05) is 11.9 Å². The molecule has 0 saturated heterocycles. The molecule has 1 aromatic carbocycles. The lowest BCUT2D eigenvalue weighted by atomic mass is 10.2. The van der Waals surface area contributed by atoms with Crippen molar-refractivity contribution in [3.63, 3.8) is 0 Å². The van der Waals surface area contributed by atoms with Gasteiger partial charge in [0.1, 0.15) is 11.6 Å². The van der Waals surface area contributed by atoms with E-state index in [1.807, 2.05) is 0 Å². The van der Waals surface area contributed by atoms with Crippen molar-refractivity contribution in [3.8, 4) is 0 Å². The molecule has 0 aliphatic rings. The first-order valence-electron chi connectivity index (χ1n) is 6.47. The molecule has 5 nitrogen and oxygen atoms in total. The lowest BCUT2D eigenvalue weighted by Crippen LogP contribution is -2.41. The van der Waals surface area contributed by atoms with Crippen LogP contribution in [0.15, 0.2) is 12.1 Å². The molecule has 0 aromatic heterocycles. The molecule has 0 heterocycles. The van der Waals surface area contributed by atoms with Crippen LogP contribution in [0.2, 0.25) is 0 Å². The Balaban J connectivity index is 2.86. The molecule has 0 atom stereocenters. The third kappa shape index (κ3) is 4.70. The summed E-state index contributed by atoms with van der Waals surface area (Å²) in [6.45, 7) is 4.80. The zero-order valence-corrected chi connectivity index (χ0v) is 12.1. The van der Waals surface area contributed by atoms with E-state index in [1.165, 1.54) is 11.8 Å². The zero-order chi connectivity index (χ0) is 16.2. The van der Waals surface area contributed by atoms with E-state index >= 15 is 0 Å². The molecule has 0 aliphatic heterocycles. The maximum absolute atomic E-state index is 13.7. The van der Waals surface area contributed by atoms with Crippen molar-refractivity contribution in [3.05, 3.63) is 29.3 Å². The van der Waals surface area contributed by atoms with Crippen LogP contribution < -0.4 is 5.32 Å². The fraction of sp³-hybridized carbons (Fsp3) is 0.429. The number of carboxylic acid groups (broad SMARTS) is 1. The third-order valence-corrected chi connectivity index (χ3v) is 2.94. The summed E-state index contributed by atoms with van der Waals surface area (Å²) in [5.74, 6) is -2.42. The second-order valence-electron chi connectivity index (χ2n) is 4.94. The smallest absolute Gasteiger partial charge is 0.322 e. The Morgan fingerprint density at radius 3 is 2.43 bits per heavy atom. The number of hydrogen-bond acceptors (Lipinski definition) is 2. The average Bonchev–Trinajstić information content (AvgIpc) is 2.35. The highest BCUT2D eigenvalue weighted by Gasteiger charge is 2.19. The van der Waals surface area contributed by atoms with E-state index < -0.39 is 23.6 Å². The third-order valence-electron chi connectivity index (χ3n) is 2.94. The van der Waals surface area contributed by atoms with Crippen LogP contribution in [-0.2, 0) is 4.79 Å². The summed E-state index contributed by atoms with van der Waals surface area (Å²) in [5.41, 5.74) is -0.138. The highest BCUT2D eigenvalue weighted by molar-refractivity contribution is 5.90. The number of carboxylic acids is 1. The predicted molar refractivity (Wildman–Crippen MR) is 74.2 cm³/mol. The number of amides is 2. The fourth-order valence-corrected chi connectivity index (χ4v) is 1.74. The molecular weight excluding hydrogens is 282 g/mol. The van der Waals surface area contributed by atoms with Crippen LogP contribution >= 0.6 is 0 Å². The van der Waals surface area contributed by atoms with Gasteiger partial charge in [0.15, 0.2) is 0 Å². The number of anilines is 1. The summed E-state index contributed by atoms with van der Waals surface area (Å²) >= 11 is 0. The monoisotopic (exact) mass is 300 g/mol. The van der Waals surface area contributed by atoms with Crippen LogP contribution in [0.5, 0.6) is 0 Å². The van der Waals surface area contributed by atoms with Crippen LogP contribution in [0.25, 0.3) is 0 Å². The quantitative estimate of drug-likeness (QED) is 0.878. The molecule has 21 heavy (non-hydrogen) atoms.